The zero-order chi connectivity index (χ0) is 12.5. The predicted octanol–water partition coefficient (Wildman–Crippen LogP) is 0.227. The monoisotopic (exact) mass is 256 g/mol. The number of aromatic nitrogens is 2. The van der Waals surface area contributed by atoms with Crippen LogP contribution in [0, 0.1) is 0 Å². The van der Waals surface area contributed by atoms with Gasteiger partial charge in [0.25, 0.3) is 0 Å². The molecular weight excluding hydrogens is 240 g/mol. The first kappa shape index (κ1) is 12.3. The molecule has 1 unspecified atom stereocenters. The second-order valence-corrected chi connectivity index (χ2v) is 6.43. The van der Waals surface area contributed by atoms with Gasteiger partial charge in [0.15, 0.2) is 9.84 Å². The Bertz CT molecular complexity index is 493. The molecule has 0 aromatic carbocycles. The van der Waals surface area contributed by atoms with Crippen LogP contribution < -0.4 is 11.3 Å². The van der Waals surface area contributed by atoms with E-state index in [1.165, 1.54) is 0 Å². The van der Waals surface area contributed by atoms with E-state index in [0.717, 1.165) is 12.1 Å². The van der Waals surface area contributed by atoms with Crippen molar-refractivity contribution in [2.75, 3.05) is 16.9 Å². The average Bonchev–Trinajstić information content (AvgIpc) is 2.69. The lowest BCUT2D eigenvalue weighted by Crippen LogP contribution is -2.14. The summed E-state index contributed by atoms with van der Waals surface area (Å²) in [6.07, 6.45) is 1.36. The van der Waals surface area contributed by atoms with E-state index in [0.29, 0.717) is 18.1 Å². The van der Waals surface area contributed by atoms with Gasteiger partial charge in [-0.05, 0) is 12.8 Å². The number of anilines is 1. The highest BCUT2D eigenvalue weighted by Gasteiger charge is 2.31. The summed E-state index contributed by atoms with van der Waals surface area (Å²) in [5.74, 6) is 6.73. The van der Waals surface area contributed by atoms with Gasteiger partial charge >= 0.3 is 0 Å². The third kappa shape index (κ3) is 2.73. The largest absolute Gasteiger partial charge is 0.308 e. The van der Waals surface area contributed by atoms with Crippen molar-refractivity contribution in [2.45, 2.75) is 25.7 Å². The van der Waals surface area contributed by atoms with E-state index in [2.05, 4.69) is 15.4 Å². The Hall–Kier alpha value is -1.21. The van der Waals surface area contributed by atoms with E-state index in [4.69, 9.17) is 5.84 Å². The Morgan fingerprint density at radius 1 is 1.53 bits per heavy atom. The van der Waals surface area contributed by atoms with Crippen molar-refractivity contribution in [1.29, 1.82) is 0 Å². The molecule has 0 aliphatic carbocycles. The lowest BCUT2D eigenvalue weighted by Gasteiger charge is -2.10. The van der Waals surface area contributed by atoms with Gasteiger partial charge in [0.1, 0.15) is 11.6 Å². The van der Waals surface area contributed by atoms with Crippen LogP contribution in [0.15, 0.2) is 6.07 Å². The lowest BCUT2D eigenvalue weighted by atomic mass is 10.1. The molecule has 2 rings (SSSR count). The van der Waals surface area contributed by atoms with Crippen LogP contribution in [0.4, 0.5) is 5.82 Å². The van der Waals surface area contributed by atoms with E-state index < -0.39 is 9.84 Å². The summed E-state index contributed by atoms with van der Waals surface area (Å²) in [7, 11) is -2.91. The van der Waals surface area contributed by atoms with Crippen molar-refractivity contribution in [3.05, 3.63) is 17.6 Å². The molecule has 1 atom stereocenters. The van der Waals surface area contributed by atoms with E-state index >= 15 is 0 Å². The molecule has 17 heavy (non-hydrogen) atoms. The van der Waals surface area contributed by atoms with Crippen LogP contribution in [0.2, 0.25) is 0 Å². The first-order valence-corrected chi connectivity index (χ1v) is 7.41. The number of hydrogen-bond donors (Lipinski definition) is 2. The van der Waals surface area contributed by atoms with Crippen molar-refractivity contribution >= 4 is 15.7 Å². The standard InChI is InChI=1S/C10H16N4O2S/c1-2-8-5-9(14-11)13-10(12-8)7-3-4-17(15,16)6-7/h5,7H,2-4,6,11H2,1H3,(H,12,13,14). The highest BCUT2D eigenvalue weighted by atomic mass is 32.2. The van der Waals surface area contributed by atoms with Crippen molar-refractivity contribution in [3.8, 4) is 0 Å². The summed E-state index contributed by atoms with van der Waals surface area (Å²) in [5, 5.41) is 0. The first-order valence-electron chi connectivity index (χ1n) is 5.59. The third-order valence-corrected chi connectivity index (χ3v) is 4.67. The second kappa shape index (κ2) is 4.58. The molecule has 1 aliphatic rings. The molecule has 0 bridgehead atoms. The molecule has 6 nitrogen and oxygen atoms in total. The zero-order valence-electron chi connectivity index (χ0n) is 9.68. The number of hydrogen-bond acceptors (Lipinski definition) is 6. The van der Waals surface area contributed by atoms with Crippen LogP contribution >= 0.6 is 0 Å². The number of nitrogen functional groups attached to an aromatic ring is 1. The Balaban J connectivity index is 2.32. The minimum atomic E-state index is -2.91. The first-order chi connectivity index (χ1) is 8.04. The van der Waals surface area contributed by atoms with E-state index in [9.17, 15) is 8.42 Å². The molecule has 3 N–H and O–H groups in total. The Morgan fingerprint density at radius 3 is 2.82 bits per heavy atom. The maximum atomic E-state index is 11.4. The quantitative estimate of drug-likeness (QED) is 0.593. The zero-order valence-corrected chi connectivity index (χ0v) is 10.5. The smallest absolute Gasteiger partial charge is 0.151 e. The Morgan fingerprint density at radius 2 is 2.29 bits per heavy atom. The molecule has 7 heteroatoms. The van der Waals surface area contributed by atoms with E-state index in [1.807, 2.05) is 6.92 Å². The van der Waals surface area contributed by atoms with E-state index in [1.54, 1.807) is 6.07 Å². The molecule has 2 heterocycles. The van der Waals surface area contributed by atoms with Gasteiger partial charge in [-0.15, -0.1) is 0 Å². The molecule has 0 saturated carbocycles. The van der Waals surface area contributed by atoms with Crippen LogP contribution in [0.25, 0.3) is 0 Å². The minimum Gasteiger partial charge on any atom is -0.308 e. The normalized spacial score (nSPS) is 22.6. The van der Waals surface area contributed by atoms with Gasteiger partial charge in [0.05, 0.1) is 11.5 Å². The van der Waals surface area contributed by atoms with E-state index in [-0.39, 0.29) is 17.4 Å². The number of aryl methyl sites for hydroxylation is 1. The highest BCUT2D eigenvalue weighted by Crippen LogP contribution is 2.27. The van der Waals surface area contributed by atoms with Crippen molar-refractivity contribution in [2.24, 2.45) is 5.84 Å². The van der Waals surface area contributed by atoms with Gasteiger partial charge in [-0.2, -0.15) is 0 Å². The summed E-state index contributed by atoms with van der Waals surface area (Å²) in [4.78, 5) is 8.61. The Kier molecular flexibility index (Phi) is 3.30. The van der Waals surface area contributed by atoms with Crippen molar-refractivity contribution < 1.29 is 8.42 Å². The molecular formula is C10H16N4O2S. The minimum absolute atomic E-state index is 0.0985. The molecule has 1 aromatic heterocycles. The van der Waals surface area contributed by atoms with Crippen LogP contribution in [0.5, 0.6) is 0 Å². The molecule has 0 amide bonds. The fourth-order valence-corrected chi connectivity index (χ4v) is 3.69. The number of nitrogens with one attached hydrogen (secondary N) is 1. The van der Waals surface area contributed by atoms with Gasteiger partial charge < -0.3 is 5.43 Å². The molecule has 94 valence electrons. The maximum Gasteiger partial charge on any atom is 0.151 e. The molecule has 1 aromatic rings. The summed E-state index contributed by atoms with van der Waals surface area (Å²) in [5.41, 5.74) is 3.35. The summed E-state index contributed by atoms with van der Waals surface area (Å²) in [6, 6.07) is 1.77. The van der Waals surface area contributed by atoms with Gasteiger partial charge in [-0.3, -0.25) is 0 Å². The number of nitrogens with zero attached hydrogens (tertiary/aromatic N) is 2. The lowest BCUT2D eigenvalue weighted by molar-refractivity contribution is 0.601. The predicted molar refractivity (Wildman–Crippen MR) is 65.2 cm³/mol. The molecule has 1 saturated heterocycles. The average molecular weight is 256 g/mol. The van der Waals surface area contributed by atoms with Gasteiger partial charge in [0, 0.05) is 17.7 Å². The topological polar surface area (TPSA) is 98.0 Å². The van der Waals surface area contributed by atoms with Crippen molar-refractivity contribution in [3.63, 3.8) is 0 Å². The van der Waals surface area contributed by atoms with Crippen LogP contribution in [0.1, 0.15) is 30.8 Å². The molecule has 1 fully saturated rings. The van der Waals surface area contributed by atoms with Crippen LogP contribution in [0.3, 0.4) is 0 Å². The number of nitrogens with two attached hydrogens (primary N) is 1. The third-order valence-electron chi connectivity index (χ3n) is 2.90. The van der Waals surface area contributed by atoms with Crippen LogP contribution in [-0.4, -0.2) is 29.9 Å². The van der Waals surface area contributed by atoms with Gasteiger partial charge in [0.2, 0.25) is 0 Å². The van der Waals surface area contributed by atoms with Gasteiger partial charge in [-0.1, -0.05) is 6.92 Å². The highest BCUT2D eigenvalue weighted by molar-refractivity contribution is 7.91. The maximum absolute atomic E-state index is 11.4. The molecule has 0 spiro atoms. The second-order valence-electron chi connectivity index (χ2n) is 4.20. The van der Waals surface area contributed by atoms with Crippen molar-refractivity contribution in [1.82, 2.24) is 9.97 Å². The van der Waals surface area contributed by atoms with Gasteiger partial charge in [-0.25, -0.2) is 24.2 Å². The fraction of sp³-hybridized carbons (Fsp3) is 0.600. The van der Waals surface area contributed by atoms with Crippen LogP contribution in [-0.2, 0) is 16.3 Å². The summed E-state index contributed by atoms with van der Waals surface area (Å²) in [6.45, 7) is 1.98. The summed E-state index contributed by atoms with van der Waals surface area (Å²) >= 11 is 0. The molecule has 0 radical (unpaired) electrons. The molecule has 1 aliphatic heterocycles. The number of rotatable bonds is 3. The summed E-state index contributed by atoms with van der Waals surface area (Å²) < 4.78 is 22.9. The Labute approximate surface area is 101 Å². The SMILES string of the molecule is CCc1cc(NN)nc(C2CCS(=O)(=O)C2)n1. The fourth-order valence-electron chi connectivity index (χ4n) is 1.95. The number of sulfone groups is 1. The number of hydrazine groups is 1.